The van der Waals surface area contributed by atoms with E-state index >= 15 is 0 Å². The molecular weight excluding hydrogens is 296 g/mol. The van der Waals surface area contributed by atoms with E-state index < -0.39 is 23.2 Å². The number of ether oxygens (including phenoxy) is 1. The molecule has 0 amide bonds. The van der Waals surface area contributed by atoms with Crippen LogP contribution in [0.25, 0.3) is 0 Å². The Balaban J connectivity index is 1.86. The average Bonchev–Trinajstić information content (AvgIpc) is 2.43. The van der Waals surface area contributed by atoms with Crippen molar-refractivity contribution >= 4 is 5.97 Å². The summed E-state index contributed by atoms with van der Waals surface area (Å²) >= 11 is 0. The van der Waals surface area contributed by atoms with Crippen LogP contribution in [0.5, 0.6) is 5.75 Å². The fourth-order valence-electron chi connectivity index (χ4n) is 2.44. The third kappa shape index (κ3) is 4.14. The minimum Gasteiger partial charge on any atom is -0.487 e. The van der Waals surface area contributed by atoms with E-state index in [1.807, 2.05) is 4.90 Å². The molecule has 0 radical (unpaired) electrons. The molecule has 0 aliphatic carbocycles. The molecule has 1 aliphatic rings. The van der Waals surface area contributed by atoms with E-state index in [1.54, 1.807) is 0 Å². The van der Waals surface area contributed by atoms with Crippen LogP contribution in [-0.4, -0.2) is 52.4 Å². The van der Waals surface area contributed by atoms with Gasteiger partial charge in [0.1, 0.15) is 11.9 Å². The van der Waals surface area contributed by atoms with Crippen LogP contribution in [0.1, 0.15) is 19.8 Å². The van der Waals surface area contributed by atoms with Crippen LogP contribution in [0.15, 0.2) is 18.2 Å². The number of aliphatic hydroxyl groups is 1. The zero-order valence-electron chi connectivity index (χ0n) is 12.3. The molecule has 0 bridgehead atoms. The number of carboxylic acids is 1. The van der Waals surface area contributed by atoms with E-state index in [2.05, 4.69) is 0 Å². The summed E-state index contributed by atoms with van der Waals surface area (Å²) in [6.07, 6.45) is 0.935. The molecule has 22 heavy (non-hydrogen) atoms. The van der Waals surface area contributed by atoms with Gasteiger partial charge >= 0.3 is 5.97 Å². The maximum atomic E-state index is 13.5. The topological polar surface area (TPSA) is 70.0 Å². The highest BCUT2D eigenvalue weighted by Crippen LogP contribution is 2.23. The molecule has 7 heteroatoms. The van der Waals surface area contributed by atoms with E-state index in [1.165, 1.54) is 13.0 Å². The molecule has 1 atom stereocenters. The van der Waals surface area contributed by atoms with Crippen LogP contribution in [0.4, 0.5) is 8.78 Å². The molecule has 0 saturated carbocycles. The molecule has 2 rings (SSSR count). The van der Waals surface area contributed by atoms with Crippen molar-refractivity contribution in [2.24, 2.45) is 0 Å². The highest BCUT2D eigenvalue weighted by molar-refractivity contribution is 5.76. The van der Waals surface area contributed by atoms with Crippen molar-refractivity contribution in [2.45, 2.75) is 31.5 Å². The Morgan fingerprint density at radius 1 is 1.41 bits per heavy atom. The molecule has 5 nitrogen and oxygen atoms in total. The standard InChI is InChI=1S/C15H19F2NO4/c1-15(21,14(19)20)9-18-6-4-11(5-7-18)22-13-3-2-10(16)8-12(13)17/h2-3,8,11,21H,4-7,9H2,1H3,(H,19,20). The van der Waals surface area contributed by atoms with Gasteiger partial charge in [-0.15, -0.1) is 0 Å². The van der Waals surface area contributed by atoms with Gasteiger partial charge in [-0.25, -0.2) is 13.6 Å². The van der Waals surface area contributed by atoms with Gasteiger partial charge in [0, 0.05) is 25.7 Å². The Bertz CT molecular complexity index is 542. The van der Waals surface area contributed by atoms with Crippen molar-refractivity contribution in [3.63, 3.8) is 0 Å². The number of halogens is 2. The van der Waals surface area contributed by atoms with Gasteiger partial charge in [-0.1, -0.05) is 0 Å². The first-order valence-electron chi connectivity index (χ1n) is 7.08. The number of likely N-dealkylation sites (tertiary alicyclic amines) is 1. The second-order valence-corrected chi connectivity index (χ2v) is 5.75. The SMILES string of the molecule is CC(O)(CN1CCC(Oc2ccc(F)cc2F)CC1)C(=O)O. The van der Waals surface area contributed by atoms with Gasteiger partial charge in [0.15, 0.2) is 17.2 Å². The zero-order chi connectivity index (χ0) is 16.3. The van der Waals surface area contributed by atoms with Crippen LogP contribution >= 0.6 is 0 Å². The van der Waals surface area contributed by atoms with Crippen LogP contribution in [0.3, 0.4) is 0 Å². The number of hydrogen-bond acceptors (Lipinski definition) is 4. The van der Waals surface area contributed by atoms with Crippen molar-refractivity contribution in [1.82, 2.24) is 4.90 Å². The minimum atomic E-state index is -1.79. The van der Waals surface area contributed by atoms with Gasteiger partial charge in [0.05, 0.1) is 0 Å². The lowest BCUT2D eigenvalue weighted by Crippen LogP contribution is -2.50. The lowest BCUT2D eigenvalue weighted by molar-refractivity contribution is -0.158. The highest BCUT2D eigenvalue weighted by atomic mass is 19.1. The second-order valence-electron chi connectivity index (χ2n) is 5.75. The largest absolute Gasteiger partial charge is 0.487 e. The predicted molar refractivity (Wildman–Crippen MR) is 74.7 cm³/mol. The summed E-state index contributed by atoms with van der Waals surface area (Å²) in [6.45, 7) is 2.36. The van der Waals surface area contributed by atoms with Gasteiger partial charge in [-0.05, 0) is 31.9 Å². The molecule has 1 aliphatic heterocycles. The monoisotopic (exact) mass is 315 g/mol. The molecule has 1 aromatic rings. The van der Waals surface area contributed by atoms with Gasteiger partial charge in [0.2, 0.25) is 0 Å². The zero-order valence-corrected chi connectivity index (χ0v) is 12.3. The molecule has 1 aromatic carbocycles. The van der Waals surface area contributed by atoms with Crippen LogP contribution < -0.4 is 4.74 Å². The summed E-state index contributed by atoms with van der Waals surface area (Å²) in [5.41, 5.74) is -1.79. The summed E-state index contributed by atoms with van der Waals surface area (Å²) in [5.74, 6) is -2.65. The maximum absolute atomic E-state index is 13.5. The molecule has 0 aromatic heterocycles. The van der Waals surface area contributed by atoms with Gasteiger partial charge in [0.25, 0.3) is 0 Å². The van der Waals surface area contributed by atoms with Crippen molar-refractivity contribution in [1.29, 1.82) is 0 Å². The second kappa shape index (κ2) is 6.58. The average molecular weight is 315 g/mol. The molecular formula is C15H19F2NO4. The number of hydrogen-bond donors (Lipinski definition) is 2. The lowest BCUT2D eigenvalue weighted by Gasteiger charge is -2.35. The lowest BCUT2D eigenvalue weighted by atomic mass is 10.0. The molecule has 0 spiro atoms. The number of β-amino-alcohol motifs (C(OH)–C–C–N with tert-alkyl or cyclic N) is 1. The summed E-state index contributed by atoms with van der Waals surface area (Å²) in [6, 6.07) is 3.17. The number of carboxylic acid groups (broad SMARTS) is 1. The van der Waals surface area contributed by atoms with Crippen LogP contribution in [-0.2, 0) is 4.79 Å². The van der Waals surface area contributed by atoms with Gasteiger partial charge in [-0.3, -0.25) is 4.90 Å². The van der Waals surface area contributed by atoms with Crippen LogP contribution in [0, 0.1) is 11.6 Å². The molecule has 1 unspecified atom stereocenters. The van der Waals surface area contributed by atoms with Gasteiger partial charge in [-0.2, -0.15) is 0 Å². The minimum absolute atomic E-state index is 0.0115. The van der Waals surface area contributed by atoms with E-state index in [0.29, 0.717) is 25.9 Å². The predicted octanol–water partition coefficient (Wildman–Crippen LogP) is 1.64. The third-order valence-electron chi connectivity index (χ3n) is 3.71. The first kappa shape index (κ1) is 16.6. The summed E-state index contributed by atoms with van der Waals surface area (Å²) in [7, 11) is 0. The van der Waals surface area contributed by atoms with Crippen molar-refractivity contribution in [2.75, 3.05) is 19.6 Å². The summed E-state index contributed by atoms with van der Waals surface area (Å²) < 4.78 is 31.9. The van der Waals surface area contributed by atoms with Crippen molar-refractivity contribution in [3.8, 4) is 5.75 Å². The molecule has 1 saturated heterocycles. The molecule has 1 fully saturated rings. The van der Waals surface area contributed by atoms with E-state index in [9.17, 15) is 18.7 Å². The maximum Gasteiger partial charge on any atom is 0.336 e. The first-order valence-corrected chi connectivity index (χ1v) is 7.08. The molecule has 122 valence electrons. The fourth-order valence-corrected chi connectivity index (χ4v) is 2.44. The molecule has 1 heterocycles. The number of piperidine rings is 1. The number of rotatable bonds is 5. The Hall–Kier alpha value is -1.73. The van der Waals surface area contributed by atoms with Crippen molar-refractivity contribution < 1.29 is 28.5 Å². The van der Waals surface area contributed by atoms with E-state index in [0.717, 1.165) is 12.1 Å². The Morgan fingerprint density at radius 3 is 2.59 bits per heavy atom. The summed E-state index contributed by atoms with van der Waals surface area (Å²) in [4.78, 5) is 12.7. The quantitative estimate of drug-likeness (QED) is 0.864. The normalized spacial score (nSPS) is 19.6. The number of carbonyl (C=O) groups is 1. The third-order valence-corrected chi connectivity index (χ3v) is 3.71. The molecule has 2 N–H and O–H groups in total. The number of benzene rings is 1. The smallest absolute Gasteiger partial charge is 0.336 e. The Labute approximate surface area is 127 Å². The first-order chi connectivity index (χ1) is 10.3. The summed E-state index contributed by atoms with van der Waals surface area (Å²) in [5, 5.41) is 18.6. The van der Waals surface area contributed by atoms with E-state index in [4.69, 9.17) is 9.84 Å². The Kier molecular flexibility index (Phi) is 4.97. The van der Waals surface area contributed by atoms with Crippen LogP contribution in [0.2, 0.25) is 0 Å². The number of aliphatic carboxylic acids is 1. The Morgan fingerprint density at radius 2 is 2.05 bits per heavy atom. The van der Waals surface area contributed by atoms with Gasteiger partial charge < -0.3 is 14.9 Å². The van der Waals surface area contributed by atoms with E-state index in [-0.39, 0.29) is 18.4 Å². The number of nitrogens with zero attached hydrogens (tertiary/aromatic N) is 1. The fraction of sp³-hybridized carbons (Fsp3) is 0.533. The van der Waals surface area contributed by atoms with Crippen molar-refractivity contribution in [3.05, 3.63) is 29.8 Å². The highest BCUT2D eigenvalue weighted by Gasteiger charge is 2.34.